The number of rotatable bonds is 3. The minimum absolute atomic E-state index is 0.0252. The molecule has 0 unspecified atom stereocenters. The zero-order chi connectivity index (χ0) is 16.4. The number of fused-ring (bicyclic) bond motifs is 1. The first-order valence-electron chi connectivity index (χ1n) is 8.41. The van der Waals surface area contributed by atoms with Crippen LogP contribution >= 0.6 is 0 Å². The summed E-state index contributed by atoms with van der Waals surface area (Å²) in [4.78, 5) is 18.7. The van der Waals surface area contributed by atoms with Gasteiger partial charge in [0.05, 0.1) is 12.7 Å². The number of hydrogen-bond donors (Lipinski definition) is 1. The molecule has 1 aromatic carbocycles. The molecule has 2 aromatic rings. The average molecular weight is 323 g/mol. The summed E-state index contributed by atoms with van der Waals surface area (Å²) in [6.07, 6.45) is 4.35. The van der Waals surface area contributed by atoms with Crippen molar-refractivity contribution in [3.8, 4) is 0 Å². The fourth-order valence-corrected chi connectivity index (χ4v) is 3.62. The molecule has 4 rings (SSSR count). The van der Waals surface area contributed by atoms with Gasteiger partial charge in [-0.15, -0.1) is 0 Å². The van der Waals surface area contributed by atoms with E-state index in [2.05, 4.69) is 27.3 Å². The lowest BCUT2D eigenvalue weighted by Gasteiger charge is -2.35. The largest absolute Gasteiger partial charge is 0.371 e. The number of carbonyl (C=O) groups excluding carboxylic acids is 1. The molecule has 2 aliphatic heterocycles. The predicted octanol–water partition coefficient (Wildman–Crippen LogP) is 2.03. The van der Waals surface area contributed by atoms with Gasteiger partial charge in [-0.3, -0.25) is 14.7 Å². The van der Waals surface area contributed by atoms with Crippen molar-refractivity contribution in [2.24, 2.45) is 0 Å². The number of amides is 1. The molecule has 2 fully saturated rings. The predicted molar refractivity (Wildman–Crippen MR) is 90.6 cm³/mol. The van der Waals surface area contributed by atoms with E-state index in [1.165, 1.54) is 5.56 Å². The smallest absolute Gasteiger partial charge is 0.251 e. The second-order valence-corrected chi connectivity index (χ2v) is 6.48. The second-order valence-electron chi connectivity index (χ2n) is 6.48. The van der Waals surface area contributed by atoms with Gasteiger partial charge in [0, 0.05) is 43.1 Å². The maximum Gasteiger partial charge on any atom is 0.251 e. The Morgan fingerprint density at radius 3 is 2.71 bits per heavy atom. The van der Waals surface area contributed by atoms with E-state index in [1.54, 1.807) is 24.5 Å². The van der Waals surface area contributed by atoms with Crippen LogP contribution in [0.15, 0.2) is 54.9 Å². The Hall–Kier alpha value is -2.24. The molecule has 1 amide bonds. The van der Waals surface area contributed by atoms with E-state index >= 15 is 0 Å². The Labute approximate surface area is 141 Å². The molecule has 2 saturated heterocycles. The fourth-order valence-electron chi connectivity index (χ4n) is 3.62. The molecule has 0 aliphatic carbocycles. The lowest BCUT2D eigenvalue weighted by atomic mass is 10.1. The van der Waals surface area contributed by atoms with E-state index in [9.17, 15) is 4.79 Å². The molecule has 3 atom stereocenters. The van der Waals surface area contributed by atoms with Crippen molar-refractivity contribution in [3.63, 3.8) is 0 Å². The van der Waals surface area contributed by atoms with E-state index in [1.807, 2.05) is 18.2 Å². The number of nitrogens with one attached hydrogen (secondary N) is 1. The fraction of sp³-hybridized carbons (Fsp3) is 0.368. The van der Waals surface area contributed by atoms with Gasteiger partial charge in [-0.2, -0.15) is 0 Å². The maximum absolute atomic E-state index is 12.3. The summed E-state index contributed by atoms with van der Waals surface area (Å²) in [7, 11) is 0. The Balaban J connectivity index is 1.37. The third-order valence-electron chi connectivity index (χ3n) is 4.87. The van der Waals surface area contributed by atoms with Crippen LogP contribution in [0.5, 0.6) is 0 Å². The number of benzene rings is 1. The Bertz CT molecular complexity index is 692. The van der Waals surface area contributed by atoms with Crippen LogP contribution < -0.4 is 5.32 Å². The molecule has 124 valence electrons. The van der Waals surface area contributed by atoms with E-state index < -0.39 is 0 Å². The molecule has 1 aromatic heterocycles. The highest BCUT2D eigenvalue weighted by molar-refractivity contribution is 5.94. The Kier molecular flexibility index (Phi) is 4.28. The molecule has 5 nitrogen and oxygen atoms in total. The van der Waals surface area contributed by atoms with Gasteiger partial charge in [-0.05, 0) is 24.1 Å². The van der Waals surface area contributed by atoms with E-state index in [-0.39, 0.29) is 18.1 Å². The van der Waals surface area contributed by atoms with Crippen LogP contribution in [-0.2, 0) is 4.74 Å². The highest BCUT2D eigenvalue weighted by Gasteiger charge is 2.38. The van der Waals surface area contributed by atoms with Gasteiger partial charge < -0.3 is 10.1 Å². The standard InChI is InChI=1S/C19H21N3O2/c23-19(15-6-8-20-9-7-15)21-16-10-17-13-24-18(12-22(17)11-16)14-4-2-1-3-5-14/h1-9,16-18H,10-13H2,(H,21,23)/t16-,17+,18-/m1/s1. The molecule has 0 bridgehead atoms. The van der Waals surface area contributed by atoms with Gasteiger partial charge in [0.25, 0.3) is 5.91 Å². The lowest BCUT2D eigenvalue weighted by molar-refractivity contribution is -0.0502. The van der Waals surface area contributed by atoms with Crippen LogP contribution in [0.2, 0.25) is 0 Å². The van der Waals surface area contributed by atoms with Gasteiger partial charge in [0.15, 0.2) is 0 Å². The summed E-state index contributed by atoms with van der Waals surface area (Å²) in [5.41, 5.74) is 1.88. The quantitative estimate of drug-likeness (QED) is 0.939. The topological polar surface area (TPSA) is 54.5 Å². The number of carbonyl (C=O) groups is 1. The van der Waals surface area contributed by atoms with Crippen LogP contribution in [-0.4, -0.2) is 47.6 Å². The summed E-state index contributed by atoms with van der Waals surface area (Å²) < 4.78 is 6.05. The molecule has 0 spiro atoms. The van der Waals surface area contributed by atoms with E-state index in [4.69, 9.17) is 4.74 Å². The SMILES string of the molecule is O=C(N[C@@H]1C[C@H]2CO[C@@H](c3ccccc3)CN2C1)c1ccncc1. The average Bonchev–Trinajstić information content (AvgIpc) is 3.04. The van der Waals surface area contributed by atoms with Crippen molar-refractivity contribution in [1.82, 2.24) is 15.2 Å². The van der Waals surface area contributed by atoms with Crippen LogP contribution in [0.25, 0.3) is 0 Å². The van der Waals surface area contributed by atoms with Crippen molar-refractivity contribution < 1.29 is 9.53 Å². The summed E-state index contributed by atoms with van der Waals surface area (Å²) >= 11 is 0. The summed E-state index contributed by atoms with van der Waals surface area (Å²) in [5.74, 6) is -0.0252. The minimum atomic E-state index is -0.0252. The number of ether oxygens (including phenoxy) is 1. The van der Waals surface area contributed by atoms with Crippen molar-refractivity contribution >= 4 is 5.91 Å². The second kappa shape index (κ2) is 6.71. The van der Waals surface area contributed by atoms with Crippen LogP contribution in [0.1, 0.15) is 28.4 Å². The molecule has 1 N–H and O–H groups in total. The number of pyridine rings is 1. The highest BCUT2D eigenvalue weighted by Crippen LogP contribution is 2.30. The lowest BCUT2D eigenvalue weighted by Crippen LogP contribution is -2.43. The summed E-state index contributed by atoms with van der Waals surface area (Å²) in [6.45, 7) is 2.49. The van der Waals surface area contributed by atoms with Crippen molar-refractivity contribution in [2.75, 3.05) is 19.7 Å². The highest BCUT2D eigenvalue weighted by atomic mass is 16.5. The Morgan fingerprint density at radius 2 is 1.92 bits per heavy atom. The first kappa shape index (κ1) is 15.3. The molecule has 2 aliphatic rings. The van der Waals surface area contributed by atoms with Crippen molar-refractivity contribution in [2.45, 2.75) is 24.6 Å². The molecule has 3 heterocycles. The number of morpholine rings is 1. The normalized spacial score (nSPS) is 26.8. The van der Waals surface area contributed by atoms with Gasteiger partial charge >= 0.3 is 0 Å². The van der Waals surface area contributed by atoms with Crippen molar-refractivity contribution in [1.29, 1.82) is 0 Å². The summed E-state index contributed by atoms with van der Waals surface area (Å²) in [5, 5.41) is 3.14. The van der Waals surface area contributed by atoms with Crippen LogP contribution in [0.4, 0.5) is 0 Å². The summed E-state index contributed by atoms with van der Waals surface area (Å²) in [6, 6.07) is 14.4. The zero-order valence-electron chi connectivity index (χ0n) is 13.5. The molecular weight excluding hydrogens is 302 g/mol. The monoisotopic (exact) mass is 323 g/mol. The molecule has 5 heteroatoms. The molecule has 0 saturated carbocycles. The number of nitrogens with zero attached hydrogens (tertiary/aromatic N) is 2. The molecule has 24 heavy (non-hydrogen) atoms. The van der Waals surface area contributed by atoms with Gasteiger partial charge in [0.1, 0.15) is 0 Å². The minimum Gasteiger partial charge on any atom is -0.371 e. The van der Waals surface area contributed by atoms with Gasteiger partial charge in [-0.25, -0.2) is 0 Å². The Morgan fingerprint density at radius 1 is 1.12 bits per heavy atom. The number of aromatic nitrogens is 1. The van der Waals surface area contributed by atoms with Gasteiger partial charge in [0.2, 0.25) is 0 Å². The third kappa shape index (κ3) is 3.18. The van der Waals surface area contributed by atoms with Gasteiger partial charge in [-0.1, -0.05) is 30.3 Å². The molecule has 0 radical (unpaired) electrons. The first-order chi connectivity index (χ1) is 11.8. The van der Waals surface area contributed by atoms with E-state index in [0.717, 1.165) is 26.1 Å². The van der Waals surface area contributed by atoms with Crippen LogP contribution in [0.3, 0.4) is 0 Å². The van der Waals surface area contributed by atoms with Crippen molar-refractivity contribution in [3.05, 3.63) is 66.0 Å². The van der Waals surface area contributed by atoms with Crippen LogP contribution in [0, 0.1) is 0 Å². The molecular formula is C19H21N3O2. The number of hydrogen-bond acceptors (Lipinski definition) is 4. The van der Waals surface area contributed by atoms with E-state index in [0.29, 0.717) is 11.6 Å². The third-order valence-corrected chi connectivity index (χ3v) is 4.87. The maximum atomic E-state index is 12.3. The zero-order valence-corrected chi connectivity index (χ0v) is 13.5. The first-order valence-corrected chi connectivity index (χ1v) is 8.41.